The van der Waals surface area contributed by atoms with Crippen LogP contribution in [0.1, 0.15) is 11.1 Å². The van der Waals surface area contributed by atoms with Gasteiger partial charge in [-0.15, -0.1) is 0 Å². The van der Waals surface area contributed by atoms with Gasteiger partial charge < -0.3 is 5.73 Å². The van der Waals surface area contributed by atoms with Crippen LogP contribution in [-0.4, -0.2) is 5.71 Å². The summed E-state index contributed by atoms with van der Waals surface area (Å²) in [6.07, 6.45) is 0. The summed E-state index contributed by atoms with van der Waals surface area (Å²) in [4.78, 5) is 0. The van der Waals surface area contributed by atoms with E-state index in [1.54, 1.807) is 0 Å². The van der Waals surface area contributed by atoms with Crippen LogP contribution in [0.5, 0.6) is 0 Å². The normalized spacial score (nSPS) is 11.0. The Kier molecular flexibility index (Phi) is 3.09. The van der Waals surface area contributed by atoms with E-state index in [2.05, 4.69) is 18.2 Å². The molecule has 0 aromatic heterocycles. The minimum atomic E-state index is 0.457. The van der Waals surface area contributed by atoms with Gasteiger partial charge in [0.15, 0.2) is 0 Å². The fourth-order valence-corrected chi connectivity index (χ4v) is 3.01. The number of hydrogen-bond donors (Lipinski definition) is 2. The Bertz CT molecular complexity index is 1050. The highest BCUT2D eigenvalue weighted by Gasteiger charge is 2.11. The number of nitrogen functional groups attached to an aromatic ring is 1. The summed E-state index contributed by atoms with van der Waals surface area (Å²) in [5.41, 5.74) is 9.11. The highest BCUT2D eigenvalue weighted by molar-refractivity contribution is 6.18. The number of anilines is 1. The van der Waals surface area contributed by atoms with Crippen molar-refractivity contribution in [3.8, 4) is 0 Å². The van der Waals surface area contributed by atoms with Crippen molar-refractivity contribution < 1.29 is 0 Å². The molecular weight excluding hydrogens is 280 g/mol. The Balaban J connectivity index is 1.85. The Labute approximate surface area is 134 Å². The highest BCUT2D eigenvalue weighted by atomic mass is 14.6. The van der Waals surface area contributed by atoms with Gasteiger partial charge in [-0.2, -0.15) is 0 Å². The third kappa shape index (κ3) is 2.25. The van der Waals surface area contributed by atoms with E-state index < -0.39 is 0 Å². The lowest BCUT2D eigenvalue weighted by atomic mass is 9.95. The van der Waals surface area contributed by atoms with Gasteiger partial charge in [-0.1, -0.05) is 72.8 Å². The summed E-state index contributed by atoms with van der Waals surface area (Å²) in [6, 6.07) is 26.2. The second-order valence-electron chi connectivity index (χ2n) is 5.68. The van der Waals surface area contributed by atoms with Gasteiger partial charge in [-0.25, -0.2) is 0 Å². The average molecular weight is 296 g/mol. The van der Waals surface area contributed by atoms with Crippen molar-refractivity contribution in [3.63, 3.8) is 0 Å². The number of nitrogens with two attached hydrogens (primary N) is 1. The molecule has 110 valence electrons. The van der Waals surface area contributed by atoms with Gasteiger partial charge in [-0.05, 0) is 22.2 Å². The van der Waals surface area contributed by atoms with E-state index in [1.807, 2.05) is 60.7 Å². The first-order valence-corrected chi connectivity index (χ1v) is 7.59. The van der Waals surface area contributed by atoms with Gasteiger partial charge in [-0.3, -0.25) is 5.41 Å². The zero-order valence-electron chi connectivity index (χ0n) is 12.6. The summed E-state index contributed by atoms with van der Waals surface area (Å²) in [7, 11) is 0. The Morgan fingerprint density at radius 1 is 0.696 bits per heavy atom. The number of benzene rings is 4. The summed E-state index contributed by atoms with van der Waals surface area (Å²) in [6.45, 7) is 0. The second-order valence-corrected chi connectivity index (χ2v) is 5.68. The monoisotopic (exact) mass is 296 g/mol. The largest absolute Gasteiger partial charge is 0.398 e. The zero-order chi connectivity index (χ0) is 15.8. The fraction of sp³-hybridized carbons (Fsp3) is 0. The molecule has 0 spiro atoms. The van der Waals surface area contributed by atoms with Crippen LogP contribution in [0.3, 0.4) is 0 Å². The molecule has 0 heterocycles. The number of rotatable bonds is 2. The number of fused-ring (bicyclic) bond motifs is 2. The van der Waals surface area contributed by atoms with E-state index in [9.17, 15) is 0 Å². The second kappa shape index (κ2) is 5.25. The molecule has 0 aliphatic rings. The molecule has 0 saturated carbocycles. The number of nitrogens with one attached hydrogen (secondary N) is 1. The standard InChI is InChI=1S/C21H16N2/c22-20(17-10-9-14-5-1-2-7-16(14)13-17)19-12-11-15-6-3-4-8-18(15)21(19)23/h1-13,22H,23H2. The molecule has 0 saturated heterocycles. The molecule has 0 unspecified atom stereocenters. The third-order valence-corrected chi connectivity index (χ3v) is 4.28. The first-order valence-electron chi connectivity index (χ1n) is 7.59. The van der Waals surface area contributed by atoms with Gasteiger partial charge in [0.25, 0.3) is 0 Å². The summed E-state index contributed by atoms with van der Waals surface area (Å²) in [5, 5.41) is 13.0. The maximum absolute atomic E-state index is 8.58. The van der Waals surface area contributed by atoms with Crippen molar-refractivity contribution in [3.05, 3.63) is 90.0 Å². The van der Waals surface area contributed by atoms with Crippen LogP contribution >= 0.6 is 0 Å². The predicted octanol–water partition coefficient (Wildman–Crippen LogP) is 4.99. The van der Waals surface area contributed by atoms with Crippen molar-refractivity contribution in [1.82, 2.24) is 0 Å². The molecule has 23 heavy (non-hydrogen) atoms. The van der Waals surface area contributed by atoms with Crippen molar-refractivity contribution in [2.24, 2.45) is 0 Å². The van der Waals surface area contributed by atoms with E-state index in [0.717, 1.165) is 27.3 Å². The molecule has 0 aliphatic carbocycles. The van der Waals surface area contributed by atoms with Gasteiger partial charge in [0.2, 0.25) is 0 Å². The van der Waals surface area contributed by atoms with Crippen molar-refractivity contribution in [2.75, 3.05) is 5.73 Å². The third-order valence-electron chi connectivity index (χ3n) is 4.28. The Morgan fingerprint density at radius 2 is 1.35 bits per heavy atom. The van der Waals surface area contributed by atoms with Gasteiger partial charge in [0, 0.05) is 22.2 Å². The van der Waals surface area contributed by atoms with E-state index in [4.69, 9.17) is 11.1 Å². The first-order chi connectivity index (χ1) is 11.2. The minimum Gasteiger partial charge on any atom is -0.398 e. The van der Waals surface area contributed by atoms with Crippen LogP contribution in [0.25, 0.3) is 21.5 Å². The van der Waals surface area contributed by atoms with Crippen LogP contribution in [0.2, 0.25) is 0 Å². The number of hydrogen-bond acceptors (Lipinski definition) is 2. The molecule has 0 aliphatic heterocycles. The molecule has 0 bridgehead atoms. The molecule has 0 radical (unpaired) electrons. The summed E-state index contributed by atoms with van der Waals surface area (Å²) >= 11 is 0. The lowest BCUT2D eigenvalue weighted by Gasteiger charge is -2.11. The lowest BCUT2D eigenvalue weighted by Crippen LogP contribution is -2.06. The van der Waals surface area contributed by atoms with E-state index >= 15 is 0 Å². The van der Waals surface area contributed by atoms with Crippen LogP contribution in [0.15, 0.2) is 78.9 Å². The molecule has 4 rings (SSSR count). The molecule has 3 N–H and O–H groups in total. The van der Waals surface area contributed by atoms with Crippen LogP contribution in [0.4, 0.5) is 5.69 Å². The quantitative estimate of drug-likeness (QED) is 0.397. The smallest absolute Gasteiger partial charge is 0.0705 e. The maximum Gasteiger partial charge on any atom is 0.0705 e. The van der Waals surface area contributed by atoms with E-state index in [1.165, 1.54) is 5.39 Å². The zero-order valence-corrected chi connectivity index (χ0v) is 12.6. The maximum atomic E-state index is 8.58. The molecule has 2 nitrogen and oxygen atoms in total. The molecule has 0 amide bonds. The summed E-state index contributed by atoms with van der Waals surface area (Å²) in [5.74, 6) is 0. The van der Waals surface area contributed by atoms with Crippen molar-refractivity contribution in [1.29, 1.82) is 5.41 Å². The van der Waals surface area contributed by atoms with Crippen LogP contribution in [0, 0.1) is 5.41 Å². The minimum absolute atomic E-state index is 0.457. The van der Waals surface area contributed by atoms with E-state index in [-0.39, 0.29) is 0 Å². The molecular formula is C21H16N2. The highest BCUT2D eigenvalue weighted by Crippen LogP contribution is 2.27. The van der Waals surface area contributed by atoms with E-state index in [0.29, 0.717) is 11.4 Å². The lowest BCUT2D eigenvalue weighted by molar-refractivity contribution is 1.47. The Hall–Kier alpha value is -3.13. The fourth-order valence-electron chi connectivity index (χ4n) is 3.01. The average Bonchev–Trinajstić information content (AvgIpc) is 2.61. The van der Waals surface area contributed by atoms with Gasteiger partial charge in [0.1, 0.15) is 0 Å². The SMILES string of the molecule is N=C(c1ccc2ccccc2c1)c1ccc2ccccc2c1N. The molecule has 0 fully saturated rings. The van der Waals surface area contributed by atoms with Gasteiger partial charge >= 0.3 is 0 Å². The van der Waals surface area contributed by atoms with Crippen LogP contribution < -0.4 is 5.73 Å². The van der Waals surface area contributed by atoms with Gasteiger partial charge in [0.05, 0.1) is 5.71 Å². The van der Waals surface area contributed by atoms with Crippen molar-refractivity contribution in [2.45, 2.75) is 0 Å². The van der Waals surface area contributed by atoms with Crippen LogP contribution in [-0.2, 0) is 0 Å². The molecule has 4 aromatic rings. The molecule has 0 atom stereocenters. The first kappa shape index (κ1) is 13.5. The molecule has 4 aromatic carbocycles. The molecule has 2 heteroatoms. The van der Waals surface area contributed by atoms with Crippen molar-refractivity contribution >= 4 is 32.9 Å². The topological polar surface area (TPSA) is 49.9 Å². The predicted molar refractivity (Wildman–Crippen MR) is 98.2 cm³/mol. The summed E-state index contributed by atoms with van der Waals surface area (Å²) < 4.78 is 0. The Morgan fingerprint density at radius 3 is 2.17 bits per heavy atom.